The van der Waals surface area contributed by atoms with Crippen molar-refractivity contribution in [3.05, 3.63) is 66.5 Å². The molecule has 0 unspecified atom stereocenters. The van der Waals surface area contributed by atoms with Crippen molar-refractivity contribution in [2.45, 2.75) is 6.92 Å². The van der Waals surface area contributed by atoms with Crippen molar-refractivity contribution in [3.63, 3.8) is 0 Å². The first-order valence-electron chi connectivity index (χ1n) is 5.95. The highest BCUT2D eigenvalue weighted by atomic mass is 15.2. The fourth-order valence-electron chi connectivity index (χ4n) is 2.08. The van der Waals surface area contributed by atoms with Crippen LogP contribution in [0.25, 0.3) is 22.7 Å². The van der Waals surface area contributed by atoms with Crippen LogP contribution in [-0.4, -0.2) is 9.61 Å². The van der Waals surface area contributed by atoms with Gasteiger partial charge in [-0.1, -0.05) is 42.5 Å². The van der Waals surface area contributed by atoms with Crippen LogP contribution in [0, 0.1) is 6.92 Å². The van der Waals surface area contributed by atoms with E-state index >= 15 is 0 Å². The molecule has 3 aromatic rings. The van der Waals surface area contributed by atoms with Gasteiger partial charge in [0.1, 0.15) is 0 Å². The van der Waals surface area contributed by atoms with Gasteiger partial charge in [-0.05, 0) is 30.2 Å². The lowest BCUT2D eigenvalue weighted by atomic mass is 10.1. The molecule has 0 saturated carbocycles. The van der Waals surface area contributed by atoms with Gasteiger partial charge in [-0.3, -0.25) is 0 Å². The summed E-state index contributed by atoms with van der Waals surface area (Å²) in [5.74, 6) is 0. The van der Waals surface area contributed by atoms with Gasteiger partial charge < -0.3 is 0 Å². The summed E-state index contributed by atoms with van der Waals surface area (Å²) in [7, 11) is 0. The Labute approximate surface area is 106 Å². The third-order valence-corrected chi connectivity index (χ3v) is 3.14. The average Bonchev–Trinajstić information content (AvgIpc) is 2.82. The molecular formula is C16H14N2. The molecule has 2 aromatic heterocycles. The van der Waals surface area contributed by atoms with Gasteiger partial charge in [-0.25, -0.2) is 4.52 Å². The summed E-state index contributed by atoms with van der Waals surface area (Å²) in [6.45, 7) is 5.90. The molecule has 0 saturated heterocycles. The third kappa shape index (κ3) is 1.72. The molecule has 0 aliphatic rings. The fraction of sp³-hybridized carbons (Fsp3) is 0.0625. The van der Waals surface area contributed by atoms with Gasteiger partial charge in [0.2, 0.25) is 0 Å². The molecule has 0 bridgehead atoms. The Morgan fingerprint density at radius 3 is 2.67 bits per heavy atom. The smallest absolute Gasteiger partial charge is 0.0746 e. The van der Waals surface area contributed by atoms with Crippen molar-refractivity contribution in [2.24, 2.45) is 0 Å². The monoisotopic (exact) mass is 234 g/mol. The number of hydrogen-bond acceptors (Lipinski definition) is 1. The van der Waals surface area contributed by atoms with Crippen LogP contribution in [0.3, 0.4) is 0 Å². The highest BCUT2D eigenvalue weighted by Gasteiger charge is 2.06. The number of aryl methyl sites for hydroxylation is 1. The fourth-order valence-corrected chi connectivity index (χ4v) is 2.08. The van der Waals surface area contributed by atoms with E-state index in [1.54, 1.807) is 0 Å². The molecule has 2 heterocycles. The minimum absolute atomic E-state index is 1.11. The number of benzene rings is 1. The zero-order valence-corrected chi connectivity index (χ0v) is 10.3. The summed E-state index contributed by atoms with van der Waals surface area (Å²) in [5, 5.41) is 4.38. The molecule has 2 nitrogen and oxygen atoms in total. The molecule has 0 radical (unpaired) electrons. The Bertz CT molecular complexity index is 706. The SMILES string of the molecule is C=Cc1ccn2ncc(-c3ccc(C)cc3)c2c1. The summed E-state index contributed by atoms with van der Waals surface area (Å²) >= 11 is 0. The van der Waals surface area contributed by atoms with Crippen LogP contribution in [0.5, 0.6) is 0 Å². The van der Waals surface area contributed by atoms with E-state index in [1.165, 1.54) is 11.1 Å². The van der Waals surface area contributed by atoms with Crippen LogP contribution < -0.4 is 0 Å². The summed E-state index contributed by atoms with van der Waals surface area (Å²) in [6.07, 6.45) is 5.73. The maximum absolute atomic E-state index is 4.38. The number of pyridine rings is 1. The van der Waals surface area contributed by atoms with Crippen molar-refractivity contribution in [1.82, 2.24) is 9.61 Å². The van der Waals surface area contributed by atoms with Crippen LogP contribution in [-0.2, 0) is 0 Å². The number of aromatic nitrogens is 2. The quantitative estimate of drug-likeness (QED) is 0.656. The van der Waals surface area contributed by atoms with Crippen LogP contribution in [0.15, 0.2) is 55.4 Å². The van der Waals surface area contributed by atoms with E-state index in [-0.39, 0.29) is 0 Å². The third-order valence-electron chi connectivity index (χ3n) is 3.14. The lowest BCUT2D eigenvalue weighted by Gasteiger charge is -2.01. The molecule has 0 amide bonds. The number of nitrogens with zero attached hydrogens (tertiary/aromatic N) is 2. The number of rotatable bonds is 2. The minimum atomic E-state index is 1.11. The molecule has 18 heavy (non-hydrogen) atoms. The predicted molar refractivity (Wildman–Crippen MR) is 75.5 cm³/mol. The van der Waals surface area contributed by atoms with Crippen LogP contribution in [0.1, 0.15) is 11.1 Å². The highest BCUT2D eigenvalue weighted by molar-refractivity contribution is 5.81. The van der Waals surface area contributed by atoms with E-state index in [1.807, 2.05) is 29.1 Å². The van der Waals surface area contributed by atoms with Crippen molar-refractivity contribution in [1.29, 1.82) is 0 Å². The van der Waals surface area contributed by atoms with Gasteiger partial charge in [0.05, 0.1) is 11.7 Å². The summed E-state index contributed by atoms with van der Waals surface area (Å²) in [6, 6.07) is 12.6. The standard InChI is InChI=1S/C16H14N2/c1-3-13-8-9-18-16(10-13)15(11-17-18)14-6-4-12(2)5-7-14/h3-11H,1H2,2H3. The van der Waals surface area contributed by atoms with Crippen LogP contribution >= 0.6 is 0 Å². The molecule has 2 heteroatoms. The van der Waals surface area contributed by atoms with E-state index < -0.39 is 0 Å². The van der Waals surface area contributed by atoms with Crippen molar-refractivity contribution < 1.29 is 0 Å². The Hall–Kier alpha value is -2.35. The summed E-state index contributed by atoms with van der Waals surface area (Å²) in [5.41, 5.74) is 5.82. The van der Waals surface area contributed by atoms with Crippen molar-refractivity contribution >= 4 is 11.6 Å². The van der Waals surface area contributed by atoms with Crippen molar-refractivity contribution in [2.75, 3.05) is 0 Å². The molecule has 0 fully saturated rings. The van der Waals surface area contributed by atoms with Crippen LogP contribution in [0.4, 0.5) is 0 Å². The second kappa shape index (κ2) is 4.15. The zero-order chi connectivity index (χ0) is 12.5. The molecule has 0 aliphatic heterocycles. The number of fused-ring (bicyclic) bond motifs is 1. The van der Waals surface area contributed by atoms with E-state index in [0.29, 0.717) is 0 Å². The first-order valence-corrected chi connectivity index (χ1v) is 5.95. The largest absolute Gasteiger partial charge is 0.240 e. The Morgan fingerprint density at radius 2 is 1.94 bits per heavy atom. The zero-order valence-electron chi connectivity index (χ0n) is 10.3. The molecule has 0 aliphatic carbocycles. The molecule has 3 rings (SSSR count). The van der Waals surface area contributed by atoms with E-state index in [2.05, 4.69) is 48.9 Å². The van der Waals surface area contributed by atoms with E-state index in [4.69, 9.17) is 0 Å². The van der Waals surface area contributed by atoms with Gasteiger partial charge in [0.25, 0.3) is 0 Å². The van der Waals surface area contributed by atoms with Gasteiger partial charge >= 0.3 is 0 Å². The minimum Gasteiger partial charge on any atom is -0.240 e. The van der Waals surface area contributed by atoms with Crippen molar-refractivity contribution in [3.8, 4) is 11.1 Å². The lowest BCUT2D eigenvalue weighted by molar-refractivity contribution is 0.960. The molecular weight excluding hydrogens is 220 g/mol. The van der Waals surface area contributed by atoms with Gasteiger partial charge in [-0.2, -0.15) is 5.10 Å². The molecule has 1 aromatic carbocycles. The van der Waals surface area contributed by atoms with Gasteiger partial charge in [0.15, 0.2) is 0 Å². The second-order valence-corrected chi connectivity index (χ2v) is 4.42. The average molecular weight is 234 g/mol. The molecule has 0 N–H and O–H groups in total. The summed E-state index contributed by atoms with van der Waals surface area (Å²) in [4.78, 5) is 0. The van der Waals surface area contributed by atoms with E-state index in [0.717, 1.165) is 16.6 Å². The van der Waals surface area contributed by atoms with Crippen LogP contribution in [0.2, 0.25) is 0 Å². The molecule has 0 spiro atoms. The Balaban J connectivity index is 2.22. The summed E-state index contributed by atoms with van der Waals surface area (Å²) < 4.78 is 1.89. The first kappa shape index (κ1) is 10.8. The molecule has 88 valence electrons. The molecule has 0 atom stereocenters. The first-order chi connectivity index (χ1) is 8.78. The van der Waals surface area contributed by atoms with Gasteiger partial charge in [0, 0.05) is 11.8 Å². The van der Waals surface area contributed by atoms with Gasteiger partial charge in [-0.15, -0.1) is 0 Å². The lowest BCUT2D eigenvalue weighted by Crippen LogP contribution is -1.86. The maximum Gasteiger partial charge on any atom is 0.0746 e. The Kier molecular flexibility index (Phi) is 2.49. The predicted octanol–water partition coefficient (Wildman–Crippen LogP) is 3.95. The second-order valence-electron chi connectivity index (χ2n) is 4.42. The Morgan fingerprint density at radius 1 is 1.17 bits per heavy atom. The topological polar surface area (TPSA) is 17.3 Å². The highest BCUT2D eigenvalue weighted by Crippen LogP contribution is 2.25. The maximum atomic E-state index is 4.38. The number of hydrogen-bond donors (Lipinski definition) is 0. The normalized spacial score (nSPS) is 10.7. The van der Waals surface area contributed by atoms with E-state index in [9.17, 15) is 0 Å².